The first-order valence-electron chi connectivity index (χ1n) is 5.25. The van der Waals surface area contributed by atoms with E-state index in [1.54, 1.807) is 4.90 Å². The van der Waals surface area contributed by atoms with Crippen LogP contribution in [0.1, 0.15) is 13.8 Å². The quantitative estimate of drug-likeness (QED) is 0.757. The van der Waals surface area contributed by atoms with Gasteiger partial charge < -0.3 is 0 Å². The van der Waals surface area contributed by atoms with Crippen molar-refractivity contribution in [3.05, 3.63) is 30.3 Å². The van der Waals surface area contributed by atoms with Gasteiger partial charge in [-0.3, -0.25) is 0 Å². The molecule has 0 bridgehead atoms. The number of amides is 1. The fraction of sp³-hybridized carbons (Fsp3) is 0.333. The molecule has 1 radical (unpaired) electrons. The molecule has 0 aromatic heterocycles. The van der Waals surface area contributed by atoms with E-state index in [1.165, 1.54) is 0 Å². The number of hydrogen-bond donors (Lipinski definition) is 0. The molecule has 1 unspecified atom stereocenters. The molecule has 0 N–H and O–H groups in total. The minimum absolute atomic E-state index is 0.0509. The van der Waals surface area contributed by atoms with Crippen molar-refractivity contribution in [3.8, 4) is 0 Å². The molecule has 0 fully saturated rings. The van der Waals surface area contributed by atoms with Gasteiger partial charge in [-0.25, -0.2) is 0 Å². The van der Waals surface area contributed by atoms with E-state index in [2.05, 4.69) is 21.0 Å². The molecule has 0 spiro atoms. The van der Waals surface area contributed by atoms with Crippen molar-refractivity contribution >= 4 is 32.3 Å². The van der Waals surface area contributed by atoms with Gasteiger partial charge in [0.15, 0.2) is 0 Å². The Labute approximate surface area is 103 Å². The number of anilines is 1. The number of benzene rings is 1. The van der Waals surface area contributed by atoms with E-state index in [0.29, 0.717) is 4.73 Å². The van der Waals surface area contributed by atoms with E-state index in [0.717, 1.165) is 5.69 Å². The summed E-state index contributed by atoms with van der Waals surface area (Å²) in [5, 5.41) is 0. The van der Waals surface area contributed by atoms with Crippen LogP contribution in [0, 0.1) is 5.92 Å². The van der Waals surface area contributed by atoms with Gasteiger partial charge in [0, 0.05) is 0 Å². The van der Waals surface area contributed by atoms with E-state index >= 15 is 0 Å². The minimum atomic E-state index is -0.253. The van der Waals surface area contributed by atoms with Crippen LogP contribution in [0.5, 0.6) is 0 Å². The number of para-hydroxylation sites is 1. The molecule has 1 amide bonds. The number of carbonyl (C=O) groups excluding carboxylic acids is 1. The molecule has 1 aromatic carbocycles. The SMILES string of the molecule is CC(C)C1N=C([Se])N(c2ccccc2)C1=O. The van der Waals surface area contributed by atoms with Crippen molar-refractivity contribution in [2.45, 2.75) is 19.9 Å². The van der Waals surface area contributed by atoms with Gasteiger partial charge in [-0.15, -0.1) is 0 Å². The first-order chi connectivity index (χ1) is 7.61. The third-order valence-electron chi connectivity index (χ3n) is 2.56. The summed E-state index contributed by atoms with van der Waals surface area (Å²) < 4.78 is 0.662. The second-order valence-electron chi connectivity index (χ2n) is 4.11. The van der Waals surface area contributed by atoms with Crippen LogP contribution in [-0.2, 0) is 4.79 Å². The van der Waals surface area contributed by atoms with Crippen molar-refractivity contribution in [3.63, 3.8) is 0 Å². The summed E-state index contributed by atoms with van der Waals surface area (Å²) in [4.78, 5) is 18.2. The van der Waals surface area contributed by atoms with E-state index in [9.17, 15) is 4.79 Å². The molecule has 83 valence electrons. The first kappa shape index (κ1) is 11.4. The van der Waals surface area contributed by atoms with Crippen LogP contribution < -0.4 is 4.90 Å². The standard InChI is InChI=1S/C12H13N2OSe/c1-8(2)10-11(15)14(12(16)13-10)9-6-4-3-5-7-9/h3-8,10H,1-2H3. The number of nitrogens with zero attached hydrogens (tertiary/aromatic N) is 2. The summed E-state index contributed by atoms with van der Waals surface area (Å²) in [6, 6.07) is 9.33. The maximum absolute atomic E-state index is 12.1. The van der Waals surface area contributed by atoms with Crippen molar-refractivity contribution in [2.24, 2.45) is 10.9 Å². The van der Waals surface area contributed by atoms with E-state index in [1.807, 2.05) is 44.2 Å². The Morgan fingerprint density at radius 2 is 1.94 bits per heavy atom. The van der Waals surface area contributed by atoms with Gasteiger partial charge in [0.25, 0.3) is 0 Å². The van der Waals surface area contributed by atoms with Gasteiger partial charge >= 0.3 is 103 Å². The maximum atomic E-state index is 12.1. The molecule has 1 heterocycles. The Morgan fingerprint density at radius 1 is 1.31 bits per heavy atom. The van der Waals surface area contributed by atoms with Gasteiger partial charge in [-0.2, -0.15) is 0 Å². The van der Waals surface area contributed by atoms with Crippen LogP contribution in [0.3, 0.4) is 0 Å². The Bertz CT molecular complexity index is 428. The normalized spacial score (nSPS) is 20.4. The second-order valence-corrected chi connectivity index (χ2v) is 4.88. The molecule has 3 nitrogen and oxygen atoms in total. The number of rotatable bonds is 2. The van der Waals surface area contributed by atoms with Crippen LogP contribution in [0.15, 0.2) is 35.3 Å². The Morgan fingerprint density at radius 3 is 2.44 bits per heavy atom. The van der Waals surface area contributed by atoms with Gasteiger partial charge in [0.05, 0.1) is 0 Å². The van der Waals surface area contributed by atoms with Crippen LogP contribution >= 0.6 is 0 Å². The molecular weight excluding hydrogens is 267 g/mol. The first-order valence-corrected chi connectivity index (χ1v) is 6.10. The molecule has 1 aliphatic rings. The molecule has 4 heteroatoms. The molecule has 2 rings (SSSR count). The predicted octanol–water partition coefficient (Wildman–Crippen LogP) is 1.58. The summed E-state index contributed by atoms with van der Waals surface area (Å²) in [7, 11) is 0. The van der Waals surface area contributed by atoms with Crippen molar-refractivity contribution in [2.75, 3.05) is 4.90 Å². The van der Waals surface area contributed by atoms with Gasteiger partial charge in [0.2, 0.25) is 0 Å². The zero-order chi connectivity index (χ0) is 11.7. The molecule has 1 aromatic rings. The van der Waals surface area contributed by atoms with Gasteiger partial charge in [-0.05, 0) is 0 Å². The van der Waals surface area contributed by atoms with Gasteiger partial charge in [-0.1, -0.05) is 0 Å². The number of amidine groups is 1. The third-order valence-corrected chi connectivity index (χ3v) is 3.16. The summed E-state index contributed by atoms with van der Waals surface area (Å²) in [6.07, 6.45) is 0. The molecule has 0 saturated carbocycles. The molecule has 1 aliphatic heterocycles. The Balaban J connectivity index is 2.32. The van der Waals surface area contributed by atoms with Crippen LogP contribution in [0.2, 0.25) is 0 Å². The van der Waals surface area contributed by atoms with Crippen LogP contribution in [0.25, 0.3) is 0 Å². The summed E-state index contributed by atoms with van der Waals surface area (Å²) in [5.74, 6) is 0.277. The van der Waals surface area contributed by atoms with Gasteiger partial charge in [0.1, 0.15) is 0 Å². The summed E-state index contributed by atoms with van der Waals surface area (Å²) in [6.45, 7) is 4.02. The third kappa shape index (κ3) is 1.91. The number of aliphatic imine (C=N–C) groups is 1. The number of hydrogen-bond acceptors (Lipinski definition) is 2. The van der Waals surface area contributed by atoms with E-state index in [-0.39, 0.29) is 17.9 Å². The fourth-order valence-electron chi connectivity index (χ4n) is 1.71. The van der Waals surface area contributed by atoms with Crippen molar-refractivity contribution in [1.82, 2.24) is 0 Å². The molecule has 16 heavy (non-hydrogen) atoms. The average molecular weight is 280 g/mol. The monoisotopic (exact) mass is 281 g/mol. The van der Waals surface area contributed by atoms with E-state index < -0.39 is 0 Å². The summed E-state index contributed by atoms with van der Waals surface area (Å²) >= 11 is 2.86. The van der Waals surface area contributed by atoms with Crippen molar-refractivity contribution in [1.29, 1.82) is 0 Å². The van der Waals surface area contributed by atoms with E-state index in [4.69, 9.17) is 0 Å². The molecular formula is C12H13N2OSe. The Kier molecular flexibility index (Phi) is 3.12. The van der Waals surface area contributed by atoms with Crippen molar-refractivity contribution < 1.29 is 4.79 Å². The second kappa shape index (κ2) is 4.40. The zero-order valence-corrected chi connectivity index (χ0v) is 11.0. The Hall–Kier alpha value is -1.12. The molecule has 0 saturated heterocycles. The molecule has 1 atom stereocenters. The topological polar surface area (TPSA) is 32.7 Å². The number of carbonyl (C=O) groups is 1. The van der Waals surface area contributed by atoms with Crippen LogP contribution in [0.4, 0.5) is 5.69 Å². The zero-order valence-electron chi connectivity index (χ0n) is 9.25. The fourth-order valence-corrected chi connectivity index (χ4v) is 2.36. The van der Waals surface area contributed by atoms with Crippen LogP contribution in [-0.4, -0.2) is 32.7 Å². The predicted molar refractivity (Wildman–Crippen MR) is 65.7 cm³/mol. The summed E-state index contributed by atoms with van der Waals surface area (Å²) in [5.41, 5.74) is 0.869. The average Bonchev–Trinajstić information content (AvgIpc) is 2.56. The molecule has 0 aliphatic carbocycles.